The molecule has 0 radical (unpaired) electrons. The van der Waals surface area contributed by atoms with Gasteiger partial charge in [-0.05, 0) is 36.8 Å². The van der Waals surface area contributed by atoms with E-state index in [-0.39, 0.29) is 36.3 Å². The lowest BCUT2D eigenvalue weighted by molar-refractivity contribution is -0.131. The summed E-state index contributed by atoms with van der Waals surface area (Å²) >= 11 is 0. The standard InChI is InChI=1S/C27H29F4N3O5/c1-13(2)9-17(15-5-3-4-6-16(15)25(32)36)27(38)34-20(10-14-7-8-33-26(14)37)21(35)12-39-24-22(30)18(28)11-19(29)23(24)31/h3-6,11,13-14,17,20H,7-10,12H2,1-2H3,(H2,32,36)(H,33,37)(H,34,38)/t14-,17-,20-/m0/s1. The van der Waals surface area contributed by atoms with Crippen LogP contribution in [0.25, 0.3) is 0 Å². The Balaban J connectivity index is 1.88. The number of carbonyl (C=O) groups is 4. The molecule has 12 heteroatoms. The molecule has 39 heavy (non-hydrogen) atoms. The number of amides is 3. The number of rotatable bonds is 12. The smallest absolute Gasteiger partial charge is 0.249 e. The molecule has 3 atom stereocenters. The molecule has 3 rings (SSSR count). The van der Waals surface area contributed by atoms with E-state index in [9.17, 15) is 36.7 Å². The van der Waals surface area contributed by atoms with Crippen LogP contribution in [-0.4, -0.2) is 42.7 Å². The maximum atomic E-state index is 14.0. The summed E-state index contributed by atoms with van der Waals surface area (Å²) in [6.07, 6.45) is 0.488. The van der Waals surface area contributed by atoms with Crippen LogP contribution in [0.1, 0.15) is 54.9 Å². The second-order valence-corrected chi connectivity index (χ2v) is 9.76. The third-order valence-corrected chi connectivity index (χ3v) is 6.44. The first-order valence-corrected chi connectivity index (χ1v) is 12.4. The monoisotopic (exact) mass is 551 g/mol. The first kappa shape index (κ1) is 29.6. The summed E-state index contributed by atoms with van der Waals surface area (Å²) in [5.74, 6) is -12.7. The normalized spacial score (nSPS) is 16.5. The summed E-state index contributed by atoms with van der Waals surface area (Å²) in [6.45, 7) is 3.01. The van der Waals surface area contributed by atoms with Crippen LogP contribution in [0, 0.1) is 35.1 Å². The second-order valence-electron chi connectivity index (χ2n) is 9.76. The number of hydrogen-bond acceptors (Lipinski definition) is 5. The van der Waals surface area contributed by atoms with Crippen molar-refractivity contribution in [3.8, 4) is 5.75 Å². The Kier molecular flexibility index (Phi) is 9.66. The molecule has 0 bridgehead atoms. The summed E-state index contributed by atoms with van der Waals surface area (Å²) < 4.78 is 60.0. The number of benzene rings is 2. The van der Waals surface area contributed by atoms with E-state index in [1.807, 2.05) is 13.8 Å². The van der Waals surface area contributed by atoms with Crippen LogP contribution in [0.5, 0.6) is 5.75 Å². The largest absolute Gasteiger partial charge is 0.479 e. The zero-order valence-electron chi connectivity index (χ0n) is 21.4. The molecule has 1 saturated heterocycles. The van der Waals surface area contributed by atoms with Gasteiger partial charge in [0.25, 0.3) is 0 Å². The van der Waals surface area contributed by atoms with Crippen LogP contribution in [0.15, 0.2) is 30.3 Å². The zero-order valence-corrected chi connectivity index (χ0v) is 21.4. The lowest BCUT2D eigenvalue weighted by Crippen LogP contribution is -2.47. The number of ketones is 1. The van der Waals surface area contributed by atoms with Crippen molar-refractivity contribution in [3.05, 3.63) is 64.7 Å². The molecule has 0 spiro atoms. The Morgan fingerprint density at radius 3 is 2.31 bits per heavy atom. The predicted molar refractivity (Wildman–Crippen MR) is 132 cm³/mol. The average Bonchev–Trinajstić information content (AvgIpc) is 3.29. The lowest BCUT2D eigenvalue weighted by atomic mass is 9.86. The molecule has 2 aromatic carbocycles. The Labute approximate surface area is 222 Å². The number of Topliss-reactive ketones (excluding diaryl/α,β-unsaturated/α-hetero) is 1. The molecule has 0 aromatic heterocycles. The number of primary amides is 1. The van der Waals surface area contributed by atoms with Crippen molar-refractivity contribution in [1.82, 2.24) is 10.6 Å². The van der Waals surface area contributed by atoms with E-state index < -0.39 is 71.1 Å². The minimum atomic E-state index is -1.82. The van der Waals surface area contributed by atoms with Gasteiger partial charge in [-0.3, -0.25) is 19.2 Å². The molecule has 1 heterocycles. The summed E-state index contributed by atoms with van der Waals surface area (Å²) in [5.41, 5.74) is 5.97. The summed E-state index contributed by atoms with van der Waals surface area (Å²) in [6, 6.07) is 4.90. The summed E-state index contributed by atoms with van der Waals surface area (Å²) in [5, 5.41) is 5.21. The molecular weight excluding hydrogens is 522 g/mol. The van der Waals surface area contributed by atoms with Crippen molar-refractivity contribution in [2.24, 2.45) is 17.6 Å². The molecule has 4 N–H and O–H groups in total. The van der Waals surface area contributed by atoms with Crippen LogP contribution < -0.4 is 21.1 Å². The first-order valence-electron chi connectivity index (χ1n) is 12.4. The van der Waals surface area contributed by atoms with Gasteiger partial charge in [-0.1, -0.05) is 32.0 Å². The Morgan fingerprint density at radius 2 is 1.74 bits per heavy atom. The van der Waals surface area contributed by atoms with Gasteiger partial charge in [-0.15, -0.1) is 0 Å². The SMILES string of the molecule is CC(C)C[C@H](C(=O)N[C@@H](C[C@@H]1CCNC1=O)C(=O)COc1c(F)c(F)cc(F)c1F)c1ccccc1C(N)=O. The van der Waals surface area contributed by atoms with Gasteiger partial charge < -0.3 is 21.1 Å². The van der Waals surface area contributed by atoms with E-state index in [4.69, 9.17) is 10.5 Å². The molecule has 1 fully saturated rings. The third kappa shape index (κ3) is 7.12. The van der Waals surface area contributed by atoms with Gasteiger partial charge in [0.05, 0.1) is 12.0 Å². The van der Waals surface area contributed by atoms with E-state index >= 15 is 0 Å². The molecule has 0 saturated carbocycles. The molecule has 3 amide bonds. The number of carbonyl (C=O) groups excluding carboxylic acids is 4. The van der Waals surface area contributed by atoms with Crippen molar-refractivity contribution in [1.29, 1.82) is 0 Å². The molecule has 8 nitrogen and oxygen atoms in total. The Bertz CT molecular complexity index is 1240. The van der Waals surface area contributed by atoms with Gasteiger partial charge in [0.1, 0.15) is 6.61 Å². The third-order valence-electron chi connectivity index (χ3n) is 6.44. The maximum absolute atomic E-state index is 14.0. The van der Waals surface area contributed by atoms with Crippen LogP contribution in [0.2, 0.25) is 0 Å². The van der Waals surface area contributed by atoms with Gasteiger partial charge in [0.15, 0.2) is 23.2 Å². The summed E-state index contributed by atoms with van der Waals surface area (Å²) in [4.78, 5) is 50.8. The minimum Gasteiger partial charge on any atom is -0.479 e. The maximum Gasteiger partial charge on any atom is 0.249 e. The molecule has 1 aliphatic heterocycles. The van der Waals surface area contributed by atoms with Gasteiger partial charge in [0.2, 0.25) is 29.4 Å². The van der Waals surface area contributed by atoms with Crippen LogP contribution in [0.4, 0.5) is 17.6 Å². The number of ether oxygens (including phenoxy) is 1. The molecule has 210 valence electrons. The molecule has 1 aliphatic rings. The lowest BCUT2D eigenvalue weighted by Gasteiger charge is -2.25. The highest BCUT2D eigenvalue weighted by Crippen LogP contribution is 2.29. The van der Waals surface area contributed by atoms with Gasteiger partial charge in [0, 0.05) is 24.1 Å². The first-order chi connectivity index (χ1) is 18.4. The van der Waals surface area contributed by atoms with E-state index in [1.54, 1.807) is 18.2 Å². The van der Waals surface area contributed by atoms with Crippen molar-refractivity contribution in [3.63, 3.8) is 0 Å². The minimum absolute atomic E-state index is 0.000130. The zero-order chi connectivity index (χ0) is 28.9. The van der Waals surface area contributed by atoms with Crippen molar-refractivity contribution < 1.29 is 41.5 Å². The highest BCUT2D eigenvalue weighted by atomic mass is 19.2. The number of halogens is 4. The number of hydrogen-bond donors (Lipinski definition) is 3. The highest BCUT2D eigenvalue weighted by molar-refractivity contribution is 5.98. The predicted octanol–water partition coefficient (Wildman–Crippen LogP) is 3.13. The molecule has 0 aliphatic carbocycles. The molecule has 0 unspecified atom stereocenters. The van der Waals surface area contributed by atoms with Gasteiger partial charge in [-0.2, -0.15) is 8.78 Å². The molecule has 2 aromatic rings. The van der Waals surface area contributed by atoms with E-state index in [0.29, 0.717) is 18.5 Å². The molecular formula is C27H29F4N3O5. The van der Waals surface area contributed by atoms with Crippen molar-refractivity contribution in [2.45, 2.75) is 45.1 Å². The van der Waals surface area contributed by atoms with E-state index in [0.717, 1.165) is 0 Å². The van der Waals surface area contributed by atoms with E-state index in [1.165, 1.54) is 6.07 Å². The van der Waals surface area contributed by atoms with Crippen molar-refractivity contribution >= 4 is 23.5 Å². The van der Waals surface area contributed by atoms with Gasteiger partial charge in [-0.25, -0.2) is 8.78 Å². The fraction of sp³-hybridized carbons (Fsp3) is 0.407. The number of nitrogens with one attached hydrogen (secondary N) is 2. The average molecular weight is 552 g/mol. The summed E-state index contributed by atoms with van der Waals surface area (Å²) in [7, 11) is 0. The fourth-order valence-corrected chi connectivity index (χ4v) is 4.49. The Morgan fingerprint density at radius 1 is 1.10 bits per heavy atom. The van der Waals surface area contributed by atoms with Crippen LogP contribution in [-0.2, 0) is 14.4 Å². The quantitative estimate of drug-likeness (QED) is 0.276. The highest BCUT2D eigenvalue weighted by Gasteiger charge is 2.34. The van der Waals surface area contributed by atoms with Crippen LogP contribution in [0.3, 0.4) is 0 Å². The van der Waals surface area contributed by atoms with E-state index in [2.05, 4.69) is 10.6 Å². The van der Waals surface area contributed by atoms with Crippen molar-refractivity contribution in [2.75, 3.05) is 13.2 Å². The van der Waals surface area contributed by atoms with Gasteiger partial charge >= 0.3 is 0 Å². The second kappa shape index (κ2) is 12.7. The topological polar surface area (TPSA) is 128 Å². The van der Waals surface area contributed by atoms with Crippen LogP contribution >= 0.6 is 0 Å². The number of nitrogens with two attached hydrogens (primary N) is 1. The fourth-order valence-electron chi connectivity index (χ4n) is 4.49. The Hall–Kier alpha value is -3.96.